The lowest BCUT2D eigenvalue weighted by atomic mass is 10.1. The summed E-state index contributed by atoms with van der Waals surface area (Å²) in [5, 5.41) is 10.1. The van der Waals surface area contributed by atoms with Gasteiger partial charge in [0.2, 0.25) is 5.91 Å². The first-order valence-electron chi connectivity index (χ1n) is 6.66. The molecule has 2 rings (SSSR count). The number of sulfone groups is 1. The molecule has 6 nitrogen and oxygen atoms in total. The van der Waals surface area contributed by atoms with Crippen LogP contribution in [0, 0.1) is 0 Å². The molecular formula is C14H17NO5S. The van der Waals surface area contributed by atoms with Crippen LogP contribution in [0.5, 0.6) is 0 Å². The molecule has 1 aromatic rings. The third-order valence-corrected chi connectivity index (χ3v) is 5.15. The second-order valence-corrected chi connectivity index (χ2v) is 7.35. The molecule has 1 fully saturated rings. The molecule has 21 heavy (non-hydrogen) atoms. The van der Waals surface area contributed by atoms with Gasteiger partial charge in [0.1, 0.15) is 5.75 Å². The second kappa shape index (κ2) is 6.26. The van der Waals surface area contributed by atoms with E-state index in [1.165, 1.54) is 0 Å². The summed E-state index contributed by atoms with van der Waals surface area (Å²) in [5.74, 6) is -2.84. The molecule has 0 spiro atoms. The predicted molar refractivity (Wildman–Crippen MR) is 76.5 cm³/mol. The smallest absolute Gasteiger partial charge is 0.322 e. The molecule has 1 atom stereocenters. The number of hydrogen-bond acceptors (Lipinski definition) is 4. The van der Waals surface area contributed by atoms with Crippen molar-refractivity contribution in [3.05, 3.63) is 35.9 Å². The number of rotatable bonds is 7. The van der Waals surface area contributed by atoms with Crippen LogP contribution in [0.1, 0.15) is 18.4 Å². The Kier molecular flexibility index (Phi) is 4.62. The van der Waals surface area contributed by atoms with Gasteiger partial charge in [0.15, 0.2) is 15.1 Å². The highest BCUT2D eigenvalue weighted by molar-refractivity contribution is 7.93. The molecule has 1 aromatic carbocycles. The minimum atomic E-state index is -4.05. The Morgan fingerprint density at radius 3 is 2.38 bits per heavy atom. The van der Waals surface area contributed by atoms with Gasteiger partial charge in [-0.15, -0.1) is 0 Å². The lowest BCUT2D eigenvalue weighted by molar-refractivity contribution is -0.136. The fourth-order valence-electron chi connectivity index (χ4n) is 1.98. The van der Waals surface area contributed by atoms with Crippen molar-refractivity contribution < 1.29 is 23.1 Å². The largest absolute Gasteiger partial charge is 0.480 e. The average molecular weight is 311 g/mol. The number of carbonyl (C=O) groups excluding carboxylic acids is 1. The summed E-state index contributed by atoms with van der Waals surface area (Å²) in [5.41, 5.74) is 0.607. The monoisotopic (exact) mass is 311 g/mol. The van der Waals surface area contributed by atoms with Gasteiger partial charge in [-0.25, -0.2) is 8.42 Å². The molecule has 2 N–H and O–H groups in total. The van der Waals surface area contributed by atoms with Crippen LogP contribution in [0.15, 0.2) is 30.3 Å². The summed E-state index contributed by atoms with van der Waals surface area (Å²) in [6.45, 7) is 0. The summed E-state index contributed by atoms with van der Waals surface area (Å²) in [4.78, 5) is 22.9. The maximum Gasteiger partial charge on any atom is 0.322 e. The van der Waals surface area contributed by atoms with Crippen LogP contribution >= 0.6 is 0 Å². The standard InChI is InChI=1S/C14H17NO5S/c16-13(15-11-6-7-11)9-21(19,20)12(14(17)18)8-10-4-2-1-3-5-10/h1-5,11-12H,6-9H2,(H,15,16)(H,17,18). The van der Waals surface area contributed by atoms with Crippen LogP contribution in [0.25, 0.3) is 0 Å². The van der Waals surface area contributed by atoms with E-state index in [4.69, 9.17) is 5.11 Å². The number of amides is 1. The molecule has 0 heterocycles. The lowest BCUT2D eigenvalue weighted by Gasteiger charge is -2.13. The molecule has 0 aromatic heterocycles. The molecule has 0 bridgehead atoms. The quantitative estimate of drug-likeness (QED) is 0.758. The van der Waals surface area contributed by atoms with Gasteiger partial charge in [0.05, 0.1) is 0 Å². The van der Waals surface area contributed by atoms with Gasteiger partial charge in [0.25, 0.3) is 0 Å². The molecule has 0 saturated heterocycles. The predicted octanol–water partition coefficient (Wildman–Crippen LogP) is 0.376. The first-order valence-corrected chi connectivity index (χ1v) is 8.37. The number of hydrogen-bond donors (Lipinski definition) is 2. The first kappa shape index (κ1) is 15.5. The van der Waals surface area contributed by atoms with Gasteiger partial charge in [-0.05, 0) is 24.8 Å². The molecule has 1 amide bonds. The van der Waals surface area contributed by atoms with Gasteiger partial charge in [-0.3, -0.25) is 9.59 Å². The molecule has 1 aliphatic carbocycles. The van der Waals surface area contributed by atoms with Crippen LogP contribution < -0.4 is 5.32 Å². The Morgan fingerprint density at radius 1 is 1.24 bits per heavy atom. The zero-order valence-corrected chi connectivity index (χ0v) is 12.2. The average Bonchev–Trinajstić information content (AvgIpc) is 3.19. The fraction of sp³-hybridized carbons (Fsp3) is 0.429. The van der Waals surface area contributed by atoms with Crippen molar-refractivity contribution in [3.63, 3.8) is 0 Å². The van der Waals surface area contributed by atoms with Gasteiger partial charge in [0, 0.05) is 6.04 Å². The van der Waals surface area contributed by atoms with E-state index in [1.54, 1.807) is 30.3 Å². The second-order valence-electron chi connectivity index (χ2n) is 5.17. The Bertz CT molecular complexity index is 622. The van der Waals surface area contributed by atoms with Gasteiger partial charge in [-0.1, -0.05) is 30.3 Å². The van der Waals surface area contributed by atoms with Crippen molar-refractivity contribution in [1.29, 1.82) is 0 Å². The van der Waals surface area contributed by atoms with Crippen LogP contribution in [0.4, 0.5) is 0 Å². The Hall–Kier alpha value is -1.89. The summed E-state index contributed by atoms with van der Waals surface area (Å²) < 4.78 is 24.3. The molecule has 114 valence electrons. The zero-order valence-electron chi connectivity index (χ0n) is 11.4. The third-order valence-electron chi connectivity index (χ3n) is 3.25. The summed E-state index contributed by atoms with van der Waals surface area (Å²) >= 11 is 0. The van der Waals surface area contributed by atoms with Crippen LogP contribution in [0.3, 0.4) is 0 Å². The van der Waals surface area contributed by atoms with E-state index in [-0.39, 0.29) is 12.5 Å². The summed E-state index contributed by atoms with van der Waals surface area (Å²) in [7, 11) is -4.05. The normalized spacial score (nSPS) is 16.2. The topological polar surface area (TPSA) is 101 Å². The first-order chi connectivity index (χ1) is 9.88. The maximum atomic E-state index is 12.1. The number of carboxylic acid groups (broad SMARTS) is 1. The van der Waals surface area contributed by atoms with Crippen molar-refractivity contribution in [2.24, 2.45) is 0 Å². The minimum absolute atomic E-state index is 0.0464. The van der Waals surface area contributed by atoms with Gasteiger partial charge in [-0.2, -0.15) is 0 Å². The summed E-state index contributed by atoms with van der Waals surface area (Å²) in [6, 6.07) is 8.55. The molecule has 0 radical (unpaired) electrons. The molecule has 1 saturated carbocycles. The SMILES string of the molecule is O=C(CS(=O)(=O)C(Cc1ccccc1)C(=O)O)NC1CC1. The maximum absolute atomic E-state index is 12.1. The Labute approximate surface area is 123 Å². The molecule has 0 aliphatic heterocycles. The van der Waals surface area contributed by atoms with E-state index in [9.17, 15) is 18.0 Å². The van der Waals surface area contributed by atoms with Crippen LogP contribution in [-0.2, 0) is 25.8 Å². The highest BCUT2D eigenvalue weighted by atomic mass is 32.2. The molecular weight excluding hydrogens is 294 g/mol. The number of nitrogens with one attached hydrogen (secondary N) is 1. The van der Waals surface area contributed by atoms with Crippen molar-refractivity contribution in [1.82, 2.24) is 5.32 Å². The van der Waals surface area contributed by atoms with Crippen molar-refractivity contribution >= 4 is 21.7 Å². The van der Waals surface area contributed by atoms with E-state index in [1.807, 2.05) is 0 Å². The van der Waals surface area contributed by atoms with E-state index in [0.717, 1.165) is 12.8 Å². The van der Waals surface area contributed by atoms with Crippen molar-refractivity contribution in [3.8, 4) is 0 Å². The summed E-state index contributed by atoms with van der Waals surface area (Å²) in [6.07, 6.45) is 1.55. The van der Waals surface area contributed by atoms with Gasteiger partial charge < -0.3 is 10.4 Å². The molecule has 7 heteroatoms. The van der Waals surface area contributed by atoms with Crippen molar-refractivity contribution in [2.75, 3.05) is 5.75 Å². The number of carboxylic acids is 1. The number of aliphatic carboxylic acids is 1. The van der Waals surface area contributed by atoms with E-state index in [2.05, 4.69) is 5.32 Å². The molecule has 1 unspecified atom stereocenters. The van der Waals surface area contributed by atoms with E-state index in [0.29, 0.717) is 5.56 Å². The van der Waals surface area contributed by atoms with Crippen molar-refractivity contribution in [2.45, 2.75) is 30.6 Å². The Morgan fingerprint density at radius 2 is 1.86 bits per heavy atom. The highest BCUT2D eigenvalue weighted by Gasteiger charge is 2.35. The van der Waals surface area contributed by atoms with Crippen LogP contribution in [-0.4, -0.2) is 42.4 Å². The van der Waals surface area contributed by atoms with E-state index < -0.39 is 32.7 Å². The van der Waals surface area contributed by atoms with Gasteiger partial charge >= 0.3 is 5.97 Å². The number of benzene rings is 1. The third kappa shape index (κ3) is 4.56. The highest BCUT2D eigenvalue weighted by Crippen LogP contribution is 2.19. The number of carbonyl (C=O) groups is 2. The molecule has 1 aliphatic rings. The zero-order chi connectivity index (χ0) is 15.5. The van der Waals surface area contributed by atoms with Crippen LogP contribution in [0.2, 0.25) is 0 Å². The Balaban J connectivity index is 2.08. The van der Waals surface area contributed by atoms with E-state index >= 15 is 0 Å². The minimum Gasteiger partial charge on any atom is -0.480 e. The fourth-order valence-corrected chi connectivity index (χ4v) is 3.38. The lowest BCUT2D eigenvalue weighted by Crippen LogP contribution is -2.40.